The Morgan fingerprint density at radius 3 is 1.44 bits per heavy atom. The van der Waals surface area contributed by atoms with Crippen molar-refractivity contribution in [3.05, 3.63) is 89.7 Å². The first-order chi connectivity index (χ1) is 16.9. The molecule has 0 aliphatic rings. The summed E-state index contributed by atoms with van der Waals surface area (Å²) in [4.78, 5) is 25.1. The first kappa shape index (κ1) is 26.5. The van der Waals surface area contributed by atoms with Gasteiger partial charge in [-0.3, -0.25) is 15.0 Å². The Morgan fingerprint density at radius 2 is 1.06 bits per heavy atom. The van der Waals surface area contributed by atoms with Gasteiger partial charge in [0.1, 0.15) is 5.82 Å². The highest BCUT2D eigenvalue weighted by molar-refractivity contribution is 7.90. The Morgan fingerprint density at radius 1 is 0.667 bits per heavy atom. The normalized spacial score (nSPS) is 11.3. The lowest BCUT2D eigenvalue weighted by molar-refractivity contribution is -0.117. The number of carbonyl (C=O) groups is 2. The SMILES string of the molecule is Cc1ccc(S(=O)(=O)NC(=O)C(=NNc2ccc(F)cc2)C(=O)NS(=O)(=O)c2ccc(C)cc2)cc1. The standard InChI is InChI=1S/C23H21FN4O6S2/c1-15-3-11-19(12-4-15)35(31,32)27-22(29)21(26-25-18-9-7-17(24)8-10-18)23(30)28-36(33,34)20-13-5-16(2)6-14-20/h3-14,25H,1-2H3,(H,27,29)(H,28,30). The fraction of sp³-hybridized carbons (Fsp3) is 0.0870. The van der Waals surface area contributed by atoms with Gasteiger partial charge in [-0.15, -0.1) is 0 Å². The molecule has 0 saturated heterocycles. The highest BCUT2D eigenvalue weighted by Crippen LogP contribution is 2.12. The molecule has 3 rings (SSSR count). The number of rotatable bonds is 8. The van der Waals surface area contributed by atoms with Gasteiger partial charge in [0.15, 0.2) is 0 Å². The Balaban J connectivity index is 1.91. The van der Waals surface area contributed by atoms with Gasteiger partial charge in [-0.05, 0) is 62.4 Å². The van der Waals surface area contributed by atoms with Crippen LogP contribution in [0, 0.1) is 19.7 Å². The Bertz CT molecular complexity index is 1430. The second kappa shape index (κ2) is 10.7. The van der Waals surface area contributed by atoms with Gasteiger partial charge >= 0.3 is 0 Å². The maximum absolute atomic E-state index is 13.2. The number of aryl methyl sites for hydroxylation is 2. The number of halogens is 1. The van der Waals surface area contributed by atoms with E-state index in [1.165, 1.54) is 60.7 Å². The summed E-state index contributed by atoms with van der Waals surface area (Å²) in [5.41, 5.74) is 2.88. The van der Waals surface area contributed by atoms with E-state index in [1.807, 2.05) is 0 Å². The zero-order valence-corrected chi connectivity index (χ0v) is 20.7. The maximum atomic E-state index is 13.2. The number of nitrogens with one attached hydrogen (secondary N) is 3. The van der Waals surface area contributed by atoms with E-state index in [0.29, 0.717) is 0 Å². The topological polar surface area (TPSA) is 151 Å². The predicted octanol–water partition coefficient (Wildman–Crippen LogP) is 2.22. The molecule has 36 heavy (non-hydrogen) atoms. The van der Waals surface area contributed by atoms with E-state index in [-0.39, 0.29) is 15.5 Å². The molecule has 0 fully saturated rings. The molecule has 0 atom stereocenters. The summed E-state index contributed by atoms with van der Waals surface area (Å²) in [6.07, 6.45) is 0. The molecule has 3 N–H and O–H groups in total. The van der Waals surface area contributed by atoms with Crippen LogP contribution in [0.5, 0.6) is 0 Å². The van der Waals surface area contributed by atoms with Gasteiger partial charge in [0.2, 0.25) is 5.71 Å². The summed E-state index contributed by atoms with van der Waals surface area (Å²) in [6, 6.07) is 15.6. The van der Waals surface area contributed by atoms with Crippen LogP contribution in [0.2, 0.25) is 0 Å². The van der Waals surface area contributed by atoms with Crippen molar-refractivity contribution in [2.75, 3.05) is 5.43 Å². The molecule has 0 bridgehead atoms. The summed E-state index contributed by atoms with van der Waals surface area (Å²) in [5.74, 6) is -3.56. The molecule has 188 valence electrons. The fourth-order valence-electron chi connectivity index (χ4n) is 2.74. The van der Waals surface area contributed by atoms with Crippen molar-refractivity contribution >= 4 is 43.3 Å². The van der Waals surface area contributed by atoms with Crippen LogP contribution in [0.25, 0.3) is 0 Å². The molecule has 0 aliphatic carbocycles. The van der Waals surface area contributed by atoms with Crippen LogP contribution < -0.4 is 14.9 Å². The van der Waals surface area contributed by atoms with Gasteiger partial charge < -0.3 is 0 Å². The molecule has 13 heteroatoms. The van der Waals surface area contributed by atoms with Gasteiger partial charge in [0.25, 0.3) is 31.9 Å². The average Bonchev–Trinajstić information content (AvgIpc) is 2.80. The first-order valence-corrected chi connectivity index (χ1v) is 13.2. The highest BCUT2D eigenvalue weighted by atomic mass is 32.2. The van der Waals surface area contributed by atoms with E-state index in [4.69, 9.17) is 0 Å². The van der Waals surface area contributed by atoms with Gasteiger partial charge in [0.05, 0.1) is 15.5 Å². The minimum Gasteiger partial charge on any atom is -0.278 e. The lowest BCUT2D eigenvalue weighted by atomic mass is 10.2. The summed E-state index contributed by atoms with van der Waals surface area (Å²) >= 11 is 0. The van der Waals surface area contributed by atoms with Crippen molar-refractivity contribution in [2.45, 2.75) is 23.6 Å². The second-order valence-corrected chi connectivity index (χ2v) is 10.9. The van der Waals surface area contributed by atoms with E-state index < -0.39 is 43.4 Å². The minimum atomic E-state index is -4.43. The summed E-state index contributed by atoms with van der Waals surface area (Å²) < 4.78 is 67.1. The van der Waals surface area contributed by atoms with Crippen LogP contribution in [0.15, 0.2) is 87.7 Å². The van der Waals surface area contributed by atoms with E-state index in [9.17, 15) is 30.8 Å². The van der Waals surface area contributed by atoms with Crippen LogP contribution in [0.1, 0.15) is 11.1 Å². The Labute approximate surface area is 207 Å². The van der Waals surface area contributed by atoms with E-state index in [2.05, 4.69) is 10.5 Å². The first-order valence-electron chi connectivity index (χ1n) is 10.2. The van der Waals surface area contributed by atoms with E-state index >= 15 is 0 Å². The third kappa shape index (κ3) is 6.73. The van der Waals surface area contributed by atoms with E-state index in [0.717, 1.165) is 23.3 Å². The number of amides is 2. The van der Waals surface area contributed by atoms with Gasteiger partial charge in [-0.25, -0.2) is 30.7 Å². The maximum Gasteiger partial charge on any atom is 0.291 e. The van der Waals surface area contributed by atoms with E-state index in [1.54, 1.807) is 23.3 Å². The van der Waals surface area contributed by atoms with Crippen LogP contribution in [0.4, 0.5) is 10.1 Å². The molecule has 10 nitrogen and oxygen atoms in total. The minimum absolute atomic E-state index is 0.136. The number of hydrogen-bond donors (Lipinski definition) is 3. The number of nitrogens with zero attached hydrogens (tertiary/aromatic N) is 1. The largest absolute Gasteiger partial charge is 0.291 e. The Hall–Kier alpha value is -4.10. The van der Waals surface area contributed by atoms with Crippen molar-refractivity contribution in [2.24, 2.45) is 5.10 Å². The molecule has 0 unspecified atom stereocenters. The lowest BCUT2D eigenvalue weighted by Crippen LogP contribution is -2.46. The molecular weight excluding hydrogens is 511 g/mol. The molecule has 0 aromatic heterocycles. The van der Waals surface area contributed by atoms with Crippen molar-refractivity contribution < 1.29 is 30.8 Å². The summed E-state index contributed by atoms with van der Waals surface area (Å²) in [7, 11) is -8.86. The van der Waals surface area contributed by atoms with Crippen LogP contribution in [-0.4, -0.2) is 34.4 Å². The van der Waals surface area contributed by atoms with Crippen LogP contribution >= 0.6 is 0 Å². The zero-order valence-electron chi connectivity index (χ0n) is 19.0. The molecule has 0 saturated carbocycles. The molecular formula is C23H21FN4O6S2. The predicted molar refractivity (Wildman–Crippen MR) is 130 cm³/mol. The van der Waals surface area contributed by atoms with Crippen molar-refractivity contribution in [3.63, 3.8) is 0 Å². The number of hydrogen-bond acceptors (Lipinski definition) is 8. The quantitative estimate of drug-likeness (QED) is 0.229. The van der Waals surface area contributed by atoms with Crippen molar-refractivity contribution in [3.8, 4) is 0 Å². The number of anilines is 1. The zero-order chi connectivity index (χ0) is 26.5. The third-order valence-electron chi connectivity index (χ3n) is 4.69. The molecule has 0 aliphatic heterocycles. The Kier molecular flexibility index (Phi) is 7.85. The smallest absolute Gasteiger partial charge is 0.278 e. The third-order valence-corrected chi connectivity index (χ3v) is 7.38. The van der Waals surface area contributed by atoms with Gasteiger partial charge in [0, 0.05) is 0 Å². The lowest BCUT2D eigenvalue weighted by Gasteiger charge is -2.11. The molecule has 2 amide bonds. The monoisotopic (exact) mass is 532 g/mol. The number of hydrazone groups is 1. The molecule has 0 heterocycles. The van der Waals surface area contributed by atoms with Crippen LogP contribution in [-0.2, 0) is 29.6 Å². The van der Waals surface area contributed by atoms with Crippen molar-refractivity contribution in [1.82, 2.24) is 9.44 Å². The molecule has 0 radical (unpaired) electrons. The number of carbonyl (C=O) groups excluding carboxylic acids is 2. The number of benzene rings is 3. The fourth-order valence-corrected chi connectivity index (χ4v) is 4.65. The van der Waals surface area contributed by atoms with Gasteiger partial charge in [-0.1, -0.05) is 35.4 Å². The van der Waals surface area contributed by atoms with Crippen LogP contribution in [0.3, 0.4) is 0 Å². The summed E-state index contributed by atoms with van der Waals surface area (Å²) in [6.45, 7) is 3.47. The van der Waals surface area contributed by atoms with Gasteiger partial charge in [-0.2, -0.15) is 5.10 Å². The van der Waals surface area contributed by atoms with Crippen molar-refractivity contribution in [1.29, 1.82) is 0 Å². The average molecular weight is 533 g/mol. The summed E-state index contributed by atoms with van der Waals surface area (Å²) in [5, 5.41) is 3.60. The molecule has 3 aromatic rings. The highest BCUT2D eigenvalue weighted by Gasteiger charge is 2.29. The number of sulfonamides is 2. The second-order valence-electron chi connectivity index (χ2n) is 7.57. The molecule has 3 aromatic carbocycles. The molecule has 0 spiro atoms.